The molecule has 68 valence electrons. The molecule has 0 aliphatic rings. The van der Waals surface area contributed by atoms with E-state index in [9.17, 15) is 0 Å². The monoisotopic (exact) mass is 340 g/mol. The zero-order valence-corrected chi connectivity index (χ0v) is 11.2. The van der Waals surface area contributed by atoms with Crippen LogP contribution in [0.4, 0.5) is 0 Å². The second-order valence-corrected chi connectivity index (χ2v) is 5.61. The Bertz CT molecular complexity index is 450. The summed E-state index contributed by atoms with van der Waals surface area (Å²) in [4.78, 5) is 2.19. The third kappa shape index (κ3) is 1.71. The smallest absolute Gasteiger partial charge is 0.0579 e. The molecule has 1 heterocycles. The minimum absolute atomic E-state index is 0.550. The van der Waals surface area contributed by atoms with Crippen LogP contribution in [0.5, 0.6) is 0 Å². The lowest BCUT2D eigenvalue weighted by molar-refractivity contribution is 1.41. The zero-order chi connectivity index (χ0) is 9.42. The highest BCUT2D eigenvalue weighted by molar-refractivity contribution is 14.1. The Kier molecular flexibility index (Phi) is 3.07. The molecule has 0 bridgehead atoms. The number of hydrogen-bond donors (Lipinski definition) is 1. The Morgan fingerprint density at radius 3 is 2.85 bits per heavy atom. The lowest BCUT2D eigenvalue weighted by Gasteiger charge is -1.92. The van der Waals surface area contributed by atoms with E-state index in [1.165, 1.54) is 13.7 Å². The standard InChI is InChI=1S/C9H6ClIS2/c10-4-7-8(12)5-2-1-3-6(11)9(5)13-7/h1-3,12H,4H2. The summed E-state index contributed by atoms with van der Waals surface area (Å²) in [7, 11) is 0. The molecule has 0 aliphatic heterocycles. The molecule has 13 heavy (non-hydrogen) atoms. The fourth-order valence-corrected chi connectivity index (χ4v) is 3.86. The van der Waals surface area contributed by atoms with E-state index in [1.54, 1.807) is 11.3 Å². The fourth-order valence-electron chi connectivity index (χ4n) is 1.21. The van der Waals surface area contributed by atoms with Crippen LogP contribution in [0.2, 0.25) is 0 Å². The SMILES string of the molecule is Sc1c(CCl)sc2c(I)cccc12. The molecule has 0 fully saturated rings. The molecule has 1 aromatic heterocycles. The molecular weight excluding hydrogens is 335 g/mol. The third-order valence-electron chi connectivity index (χ3n) is 1.83. The Morgan fingerprint density at radius 2 is 2.23 bits per heavy atom. The van der Waals surface area contributed by atoms with E-state index in [0.717, 1.165) is 9.77 Å². The van der Waals surface area contributed by atoms with E-state index in [1.807, 2.05) is 0 Å². The summed E-state index contributed by atoms with van der Waals surface area (Å²) in [6.45, 7) is 0. The van der Waals surface area contributed by atoms with Crippen molar-refractivity contribution < 1.29 is 0 Å². The predicted octanol–water partition coefficient (Wildman–Crippen LogP) is 4.53. The highest BCUT2D eigenvalue weighted by atomic mass is 127. The number of benzene rings is 1. The van der Waals surface area contributed by atoms with Gasteiger partial charge in [0, 0.05) is 23.4 Å². The molecule has 4 heteroatoms. The topological polar surface area (TPSA) is 0 Å². The molecule has 0 unspecified atom stereocenters. The van der Waals surface area contributed by atoms with Crippen molar-refractivity contribution in [3.63, 3.8) is 0 Å². The lowest BCUT2D eigenvalue weighted by Crippen LogP contribution is -1.70. The van der Waals surface area contributed by atoms with E-state index in [2.05, 4.69) is 53.4 Å². The average molecular weight is 341 g/mol. The van der Waals surface area contributed by atoms with Gasteiger partial charge in [-0.25, -0.2) is 0 Å². The van der Waals surface area contributed by atoms with Crippen LogP contribution in [0.25, 0.3) is 10.1 Å². The van der Waals surface area contributed by atoms with Crippen LogP contribution in [0, 0.1) is 3.57 Å². The van der Waals surface area contributed by atoms with Gasteiger partial charge in [-0.05, 0) is 28.7 Å². The van der Waals surface area contributed by atoms with Crippen molar-refractivity contribution in [2.24, 2.45) is 0 Å². The van der Waals surface area contributed by atoms with Crippen LogP contribution in [0.1, 0.15) is 4.88 Å². The number of thiophene rings is 1. The molecule has 1 aromatic carbocycles. The van der Waals surface area contributed by atoms with E-state index >= 15 is 0 Å². The molecule has 0 amide bonds. The maximum absolute atomic E-state index is 5.82. The van der Waals surface area contributed by atoms with Gasteiger partial charge in [0.25, 0.3) is 0 Å². The molecule has 0 aliphatic carbocycles. The molecule has 0 spiro atoms. The number of rotatable bonds is 1. The number of halogens is 2. The van der Waals surface area contributed by atoms with E-state index in [-0.39, 0.29) is 0 Å². The van der Waals surface area contributed by atoms with Crippen molar-refractivity contribution >= 4 is 68.2 Å². The maximum Gasteiger partial charge on any atom is 0.0579 e. The van der Waals surface area contributed by atoms with Crippen molar-refractivity contribution in [3.8, 4) is 0 Å². The van der Waals surface area contributed by atoms with Crippen molar-refractivity contribution in [1.29, 1.82) is 0 Å². The minimum Gasteiger partial charge on any atom is -0.142 e. The first-order valence-corrected chi connectivity index (χ1v) is 6.56. The van der Waals surface area contributed by atoms with Crippen LogP contribution < -0.4 is 0 Å². The molecule has 0 N–H and O–H groups in total. The summed E-state index contributed by atoms with van der Waals surface area (Å²) >= 11 is 14.4. The van der Waals surface area contributed by atoms with E-state index in [0.29, 0.717) is 5.88 Å². The Hall–Kier alpha value is 0.550. The van der Waals surface area contributed by atoms with Crippen molar-refractivity contribution in [3.05, 3.63) is 26.6 Å². The normalized spacial score (nSPS) is 11.0. The Balaban J connectivity index is 2.83. The maximum atomic E-state index is 5.82. The highest BCUT2D eigenvalue weighted by Crippen LogP contribution is 2.37. The lowest BCUT2D eigenvalue weighted by atomic mass is 10.2. The largest absolute Gasteiger partial charge is 0.142 e. The van der Waals surface area contributed by atoms with Gasteiger partial charge in [-0.15, -0.1) is 35.6 Å². The van der Waals surface area contributed by atoms with Crippen LogP contribution in [-0.4, -0.2) is 0 Å². The molecule has 0 radical (unpaired) electrons. The quantitative estimate of drug-likeness (QED) is 0.440. The molecule has 0 atom stereocenters. The molecule has 0 saturated carbocycles. The minimum atomic E-state index is 0.550. The molecule has 2 rings (SSSR count). The second-order valence-electron chi connectivity index (χ2n) is 2.62. The first kappa shape index (κ1) is 10.1. The number of hydrogen-bond acceptors (Lipinski definition) is 2. The second kappa shape index (κ2) is 3.96. The molecule has 0 saturated heterocycles. The van der Waals surface area contributed by atoms with Crippen LogP contribution in [0.3, 0.4) is 0 Å². The first-order chi connectivity index (χ1) is 6.24. The summed E-state index contributed by atoms with van der Waals surface area (Å²) in [5.41, 5.74) is 0. The summed E-state index contributed by atoms with van der Waals surface area (Å²) in [5.74, 6) is 0.550. The van der Waals surface area contributed by atoms with Gasteiger partial charge in [0.2, 0.25) is 0 Å². The predicted molar refractivity (Wildman–Crippen MR) is 71.4 cm³/mol. The number of fused-ring (bicyclic) bond motifs is 1. The molecule has 2 aromatic rings. The Morgan fingerprint density at radius 1 is 1.46 bits per heavy atom. The van der Waals surface area contributed by atoms with Gasteiger partial charge in [0.15, 0.2) is 0 Å². The van der Waals surface area contributed by atoms with E-state index < -0.39 is 0 Å². The Labute approximate surface area is 105 Å². The number of thiol groups is 1. The van der Waals surface area contributed by atoms with Gasteiger partial charge in [0.1, 0.15) is 0 Å². The van der Waals surface area contributed by atoms with Gasteiger partial charge in [-0.3, -0.25) is 0 Å². The van der Waals surface area contributed by atoms with Crippen molar-refractivity contribution in [2.45, 2.75) is 10.8 Å². The molecular formula is C9H6ClIS2. The van der Waals surface area contributed by atoms with Crippen LogP contribution in [0.15, 0.2) is 23.1 Å². The fraction of sp³-hybridized carbons (Fsp3) is 0.111. The first-order valence-electron chi connectivity index (χ1n) is 3.69. The third-order valence-corrected chi connectivity index (χ3v) is 5.42. The van der Waals surface area contributed by atoms with Crippen LogP contribution in [-0.2, 0) is 5.88 Å². The summed E-state index contributed by atoms with van der Waals surface area (Å²) in [6, 6.07) is 6.24. The summed E-state index contributed by atoms with van der Waals surface area (Å²) in [5, 5.41) is 1.22. The van der Waals surface area contributed by atoms with Gasteiger partial charge in [0.05, 0.1) is 5.88 Å². The van der Waals surface area contributed by atoms with Gasteiger partial charge < -0.3 is 0 Å². The van der Waals surface area contributed by atoms with Crippen molar-refractivity contribution in [2.75, 3.05) is 0 Å². The highest BCUT2D eigenvalue weighted by Gasteiger charge is 2.09. The van der Waals surface area contributed by atoms with Gasteiger partial charge in [-0.2, -0.15) is 0 Å². The van der Waals surface area contributed by atoms with Crippen LogP contribution >= 0.6 is 58.2 Å². The average Bonchev–Trinajstić information content (AvgIpc) is 2.45. The molecule has 0 nitrogen and oxygen atoms in total. The number of alkyl halides is 1. The van der Waals surface area contributed by atoms with Crippen molar-refractivity contribution in [1.82, 2.24) is 0 Å². The van der Waals surface area contributed by atoms with Gasteiger partial charge in [-0.1, -0.05) is 12.1 Å². The summed E-state index contributed by atoms with van der Waals surface area (Å²) in [6.07, 6.45) is 0. The van der Waals surface area contributed by atoms with E-state index in [4.69, 9.17) is 11.6 Å². The summed E-state index contributed by atoms with van der Waals surface area (Å²) < 4.78 is 2.57. The zero-order valence-electron chi connectivity index (χ0n) is 6.55. The van der Waals surface area contributed by atoms with Gasteiger partial charge >= 0.3 is 0 Å².